The van der Waals surface area contributed by atoms with E-state index in [1.165, 1.54) is 71.6 Å². The number of hydrogen-bond donors (Lipinski definition) is 0. The molecule has 0 amide bonds. The van der Waals surface area contributed by atoms with Gasteiger partial charge in [-0.2, -0.15) is 0 Å². The largest absolute Gasteiger partial charge is 0.456 e. The molecule has 0 unspecified atom stereocenters. The molecule has 2 aliphatic rings. The minimum atomic E-state index is -0.0659. The molecule has 0 radical (unpaired) electrons. The van der Waals surface area contributed by atoms with Crippen LogP contribution in [-0.4, -0.2) is 6.71 Å². The lowest BCUT2D eigenvalue weighted by Gasteiger charge is -2.45. The topological polar surface area (TPSA) is 19.6 Å². The molecule has 0 atom stereocenters. The summed E-state index contributed by atoms with van der Waals surface area (Å²) in [6.07, 6.45) is 0. The maximum Gasteiger partial charge on any atom is 0.253 e. The third-order valence-corrected chi connectivity index (χ3v) is 14.0. The molecular weight excluding hydrogens is 800 g/mol. The van der Waals surface area contributed by atoms with E-state index < -0.39 is 0 Å². The van der Waals surface area contributed by atoms with E-state index in [4.69, 9.17) is 4.42 Å². The van der Waals surface area contributed by atoms with Gasteiger partial charge in [0.05, 0.1) is 0 Å². The molecule has 3 nitrogen and oxygen atoms in total. The first kappa shape index (κ1) is 36.8. The van der Waals surface area contributed by atoms with Gasteiger partial charge in [-0.15, -0.1) is 0 Å². The molecule has 4 heteroatoms. The summed E-state index contributed by atoms with van der Waals surface area (Å²) < 4.78 is 6.54. The molecule has 14 rings (SSSR count). The molecule has 0 saturated heterocycles. The van der Waals surface area contributed by atoms with Crippen molar-refractivity contribution in [1.29, 1.82) is 0 Å². The SMILES string of the molecule is c1ccc(-c2ccc(N3c4cc(-c5ccc6c(c5)oc5ccccc56)cc5c4B(c4c3ccc3ccccc43)c3c(ccc4ccccc34)N5c3ccc(-c4ccccc4)cc3)cc2)cc1. The van der Waals surface area contributed by atoms with Gasteiger partial charge in [-0.3, -0.25) is 0 Å². The van der Waals surface area contributed by atoms with Gasteiger partial charge in [0, 0.05) is 44.9 Å². The lowest BCUT2D eigenvalue weighted by Crippen LogP contribution is -2.61. The van der Waals surface area contributed by atoms with Crippen molar-refractivity contribution in [3.63, 3.8) is 0 Å². The molecule has 3 heterocycles. The highest BCUT2D eigenvalue weighted by Gasteiger charge is 2.45. The maximum atomic E-state index is 6.54. The number of fused-ring (bicyclic) bond motifs is 11. The molecule has 306 valence electrons. The minimum absolute atomic E-state index is 0.0659. The van der Waals surface area contributed by atoms with Crippen LogP contribution in [0.25, 0.3) is 76.9 Å². The molecule has 66 heavy (non-hydrogen) atoms. The summed E-state index contributed by atoms with van der Waals surface area (Å²) in [4.78, 5) is 5.06. The van der Waals surface area contributed by atoms with E-state index >= 15 is 0 Å². The van der Waals surface area contributed by atoms with Crippen LogP contribution in [0.5, 0.6) is 0 Å². The van der Waals surface area contributed by atoms with Gasteiger partial charge in [0.15, 0.2) is 0 Å². The van der Waals surface area contributed by atoms with Gasteiger partial charge in [-0.1, -0.05) is 170 Å². The molecule has 0 saturated carbocycles. The van der Waals surface area contributed by atoms with Crippen molar-refractivity contribution >= 4 is 101 Å². The highest BCUT2D eigenvalue weighted by atomic mass is 16.3. The van der Waals surface area contributed by atoms with Gasteiger partial charge >= 0.3 is 0 Å². The van der Waals surface area contributed by atoms with Crippen molar-refractivity contribution in [1.82, 2.24) is 0 Å². The van der Waals surface area contributed by atoms with Crippen molar-refractivity contribution in [3.05, 3.63) is 237 Å². The number of para-hydroxylation sites is 1. The zero-order valence-corrected chi connectivity index (χ0v) is 35.9. The van der Waals surface area contributed by atoms with E-state index in [0.29, 0.717) is 0 Å². The van der Waals surface area contributed by atoms with Crippen LogP contribution in [0.4, 0.5) is 34.1 Å². The molecule has 11 aromatic carbocycles. The smallest absolute Gasteiger partial charge is 0.253 e. The molecule has 0 bridgehead atoms. The predicted molar refractivity (Wildman–Crippen MR) is 279 cm³/mol. The Kier molecular flexibility index (Phi) is 8.08. The van der Waals surface area contributed by atoms with E-state index in [-0.39, 0.29) is 6.71 Å². The Hall–Kier alpha value is -8.60. The van der Waals surface area contributed by atoms with Crippen molar-refractivity contribution < 1.29 is 4.42 Å². The van der Waals surface area contributed by atoms with Crippen molar-refractivity contribution in [2.24, 2.45) is 0 Å². The molecule has 1 aromatic heterocycles. The summed E-state index contributed by atoms with van der Waals surface area (Å²) in [7, 11) is 0. The van der Waals surface area contributed by atoms with E-state index in [1.807, 2.05) is 6.07 Å². The second kappa shape index (κ2) is 14.5. The number of hydrogen-bond acceptors (Lipinski definition) is 3. The summed E-state index contributed by atoms with van der Waals surface area (Å²) in [5.74, 6) is 0. The summed E-state index contributed by atoms with van der Waals surface area (Å²) in [5.41, 5.74) is 19.6. The number of rotatable bonds is 5. The average Bonchev–Trinajstić information content (AvgIpc) is 3.77. The van der Waals surface area contributed by atoms with E-state index in [2.05, 4.69) is 240 Å². The number of anilines is 6. The van der Waals surface area contributed by atoms with Crippen LogP contribution in [0.2, 0.25) is 0 Å². The summed E-state index contributed by atoms with van der Waals surface area (Å²) >= 11 is 0. The first-order valence-corrected chi connectivity index (χ1v) is 22.8. The summed E-state index contributed by atoms with van der Waals surface area (Å²) in [6.45, 7) is -0.0659. The lowest BCUT2D eigenvalue weighted by molar-refractivity contribution is 0.669. The molecule has 2 aliphatic heterocycles. The Morgan fingerprint density at radius 2 is 0.712 bits per heavy atom. The summed E-state index contributed by atoms with van der Waals surface area (Å²) in [6, 6.07) is 86.7. The molecular formula is C62H39BN2O. The monoisotopic (exact) mass is 838 g/mol. The zero-order chi connectivity index (χ0) is 43.3. The molecule has 0 fully saturated rings. The number of benzene rings is 11. The normalized spacial score (nSPS) is 12.8. The van der Waals surface area contributed by atoms with Gasteiger partial charge in [0.1, 0.15) is 11.2 Å². The van der Waals surface area contributed by atoms with Crippen molar-refractivity contribution in [3.8, 4) is 33.4 Å². The summed E-state index contributed by atoms with van der Waals surface area (Å²) in [5, 5.41) is 7.25. The van der Waals surface area contributed by atoms with E-state index in [9.17, 15) is 0 Å². The predicted octanol–water partition coefficient (Wildman–Crippen LogP) is 15.0. The second-order valence-electron chi connectivity index (χ2n) is 17.6. The highest BCUT2D eigenvalue weighted by molar-refractivity contribution is 7.03. The van der Waals surface area contributed by atoms with Crippen molar-refractivity contribution in [2.75, 3.05) is 9.80 Å². The first-order valence-electron chi connectivity index (χ1n) is 22.8. The van der Waals surface area contributed by atoms with Crippen LogP contribution in [-0.2, 0) is 0 Å². The molecule has 0 aliphatic carbocycles. The third-order valence-electron chi connectivity index (χ3n) is 14.0. The molecule has 12 aromatic rings. The molecule has 0 spiro atoms. The van der Waals surface area contributed by atoms with Gasteiger partial charge < -0.3 is 14.2 Å². The van der Waals surface area contributed by atoms with Gasteiger partial charge in [0.2, 0.25) is 0 Å². The van der Waals surface area contributed by atoms with Crippen LogP contribution in [0.15, 0.2) is 241 Å². The first-order chi connectivity index (χ1) is 32.7. The fraction of sp³-hybridized carbons (Fsp3) is 0. The fourth-order valence-corrected chi connectivity index (χ4v) is 11.0. The Morgan fingerprint density at radius 1 is 0.273 bits per heavy atom. The quantitative estimate of drug-likeness (QED) is 0.161. The number of nitrogens with zero attached hydrogens (tertiary/aromatic N) is 2. The Balaban J connectivity index is 1.09. The van der Waals surface area contributed by atoms with Crippen LogP contribution in [0.1, 0.15) is 0 Å². The average molecular weight is 839 g/mol. The Morgan fingerprint density at radius 3 is 1.26 bits per heavy atom. The third kappa shape index (κ3) is 5.58. The fourth-order valence-electron chi connectivity index (χ4n) is 11.0. The zero-order valence-electron chi connectivity index (χ0n) is 35.9. The Labute approximate surface area is 383 Å². The number of furan rings is 1. The van der Waals surface area contributed by atoms with Crippen LogP contribution < -0.4 is 26.2 Å². The van der Waals surface area contributed by atoms with Gasteiger partial charge in [0.25, 0.3) is 6.71 Å². The van der Waals surface area contributed by atoms with E-state index in [0.717, 1.165) is 55.8 Å². The Bertz CT molecular complexity index is 3680. The lowest BCUT2D eigenvalue weighted by atomic mass is 9.32. The highest BCUT2D eigenvalue weighted by Crippen LogP contribution is 2.48. The van der Waals surface area contributed by atoms with Gasteiger partial charge in [-0.25, -0.2) is 0 Å². The maximum absolute atomic E-state index is 6.54. The minimum Gasteiger partial charge on any atom is -0.456 e. The second-order valence-corrected chi connectivity index (χ2v) is 17.6. The van der Waals surface area contributed by atoms with E-state index in [1.54, 1.807) is 0 Å². The standard InChI is InChI=1S/C62H39BN2O/c1-3-13-40(14-4-1)42-23-30-48(31-24-42)64-54-35-28-44-17-7-9-19-50(44)60(54)63-61-51-20-10-8-18-45(51)29-36-55(61)65(49-32-25-43(26-33-49)41-15-5-2-6-16-41)57-38-47(37-56(64)62(57)63)46-27-34-53-52-21-11-12-22-58(52)66-59(53)39-46/h1-39H. The van der Waals surface area contributed by atoms with Crippen LogP contribution >= 0.6 is 0 Å². The van der Waals surface area contributed by atoms with Crippen LogP contribution in [0.3, 0.4) is 0 Å². The van der Waals surface area contributed by atoms with Crippen molar-refractivity contribution in [2.45, 2.75) is 0 Å². The molecule has 0 N–H and O–H groups in total. The van der Waals surface area contributed by atoms with Crippen LogP contribution in [0, 0.1) is 0 Å². The van der Waals surface area contributed by atoms with Gasteiger partial charge in [-0.05, 0) is 138 Å².